The first kappa shape index (κ1) is 14.4. The number of hydrogen-bond acceptors (Lipinski definition) is 7. The highest BCUT2D eigenvalue weighted by Crippen LogP contribution is 2.40. The summed E-state index contributed by atoms with van der Waals surface area (Å²) in [5.74, 6) is 4.24. The van der Waals surface area contributed by atoms with E-state index in [0.717, 1.165) is 10.9 Å². The van der Waals surface area contributed by atoms with E-state index in [-0.39, 0.29) is 5.95 Å². The molecule has 0 bridgehead atoms. The van der Waals surface area contributed by atoms with Crippen LogP contribution in [0.3, 0.4) is 0 Å². The number of rotatable bonds is 2. The third-order valence-electron chi connectivity index (χ3n) is 2.94. The number of aliphatic hydroxyl groups excluding tert-OH is 2. The highest BCUT2D eigenvalue weighted by atomic mass is 19.1. The van der Waals surface area contributed by atoms with Gasteiger partial charge >= 0.3 is 5.69 Å². The fourth-order valence-corrected chi connectivity index (χ4v) is 2.01. The average molecular weight is 284 g/mol. The van der Waals surface area contributed by atoms with Crippen LogP contribution in [-0.2, 0) is 4.74 Å². The van der Waals surface area contributed by atoms with Crippen LogP contribution < -0.4 is 11.4 Å². The van der Waals surface area contributed by atoms with Crippen LogP contribution in [0.1, 0.15) is 13.2 Å². The Morgan fingerprint density at radius 1 is 1.70 bits per heavy atom. The van der Waals surface area contributed by atoms with Gasteiger partial charge in [0.05, 0.1) is 6.61 Å². The van der Waals surface area contributed by atoms with Gasteiger partial charge in [-0.25, -0.2) is 14.2 Å². The molecule has 4 atom stereocenters. The molecule has 2 heterocycles. The second-order valence-electron chi connectivity index (χ2n) is 4.20. The summed E-state index contributed by atoms with van der Waals surface area (Å²) in [5, 5.41) is 18.9. The van der Waals surface area contributed by atoms with Crippen LogP contribution in [0.25, 0.3) is 0 Å². The minimum absolute atomic E-state index is 0.269. The Hall–Kier alpha value is -2.02. The Kier molecular flexibility index (Phi) is 3.71. The predicted octanol–water partition coefficient (Wildman–Crippen LogP) is -1.80. The second kappa shape index (κ2) is 5.16. The lowest BCUT2D eigenvalue weighted by Crippen LogP contribution is -2.44. The largest absolute Gasteiger partial charge is 0.394 e. The van der Waals surface area contributed by atoms with E-state index in [1.807, 2.05) is 0 Å². The quantitative estimate of drug-likeness (QED) is 0.547. The fourth-order valence-electron chi connectivity index (χ4n) is 2.01. The molecule has 0 saturated carbocycles. The van der Waals surface area contributed by atoms with Crippen molar-refractivity contribution in [3.8, 4) is 11.8 Å². The van der Waals surface area contributed by atoms with Crippen LogP contribution in [-0.4, -0.2) is 49.2 Å². The van der Waals surface area contributed by atoms with Gasteiger partial charge in [0.2, 0.25) is 11.6 Å². The Morgan fingerprint density at radius 2 is 2.40 bits per heavy atom. The standard InChI is InChI=1S/C11H13FN4O4/c1-2-3-11(12)7(18)6(4-17)20-8(11)16-5-14-9(13)15-10(16)19/h5-8,17-18H,4H2,1H3,(H2,13,15,19)/t6-,7+,8-,11?/m1/s1. The highest BCUT2D eigenvalue weighted by molar-refractivity contribution is 5.22. The molecule has 1 aromatic rings. The molecule has 0 aromatic carbocycles. The summed E-state index contributed by atoms with van der Waals surface area (Å²) >= 11 is 0. The fraction of sp³-hybridized carbons (Fsp3) is 0.545. The third-order valence-corrected chi connectivity index (χ3v) is 2.94. The zero-order valence-electron chi connectivity index (χ0n) is 10.5. The van der Waals surface area contributed by atoms with Gasteiger partial charge in [0, 0.05) is 0 Å². The van der Waals surface area contributed by atoms with Gasteiger partial charge in [0.25, 0.3) is 0 Å². The smallest absolute Gasteiger partial charge is 0.354 e. The lowest BCUT2D eigenvalue weighted by molar-refractivity contribution is -0.0547. The van der Waals surface area contributed by atoms with Crippen LogP contribution >= 0.6 is 0 Å². The van der Waals surface area contributed by atoms with E-state index < -0.39 is 36.4 Å². The zero-order valence-corrected chi connectivity index (χ0v) is 10.5. The van der Waals surface area contributed by atoms with Crippen LogP contribution in [0, 0.1) is 11.8 Å². The number of ether oxygens (including phenoxy) is 1. The van der Waals surface area contributed by atoms with E-state index in [0.29, 0.717) is 0 Å². The van der Waals surface area contributed by atoms with Gasteiger partial charge in [-0.15, -0.1) is 5.92 Å². The molecule has 8 nitrogen and oxygen atoms in total. The number of nitrogens with zero attached hydrogens (tertiary/aromatic N) is 3. The first-order valence-corrected chi connectivity index (χ1v) is 5.72. The Balaban J connectivity index is 2.52. The number of nitrogens with two attached hydrogens (primary N) is 1. The molecule has 1 saturated heterocycles. The van der Waals surface area contributed by atoms with E-state index in [4.69, 9.17) is 15.6 Å². The molecule has 2 rings (SSSR count). The molecule has 1 aromatic heterocycles. The van der Waals surface area contributed by atoms with Crippen LogP contribution in [0.4, 0.5) is 10.3 Å². The number of halogens is 1. The normalized spacial score (nSPS) is 32.7. The third kappa shape index (κ3) is 2.14. The Morgan fingerprint density at radius 3 is 2.95 bits per heavy atom. The first-order valence-electron chi connectivity index (χ1n) is 5.72. The number of hydrogen-bond donors (Lipinski definition) is 3. The van der Waals surface area contributed by atoms with Crippen molar-refractivity contribution in [3.05, 3.63) is 16.8 Å². The molecular weight excluding hydrogens is 271 g/mol. The molecule has 1 aliphatic rings. The van der Waals surface area contributed by atoms with Gasteiger partial charge in [-0.2, -0.15) is 4.98 Å². The summed E-state index contributed by atoms with van der Waals surface area (Å²) in [6.45, 7) is 0.749. The summed E-state index contributed by atoms with van der Waals surface area (Å²) < 4.78 is 20.8. The maximum Gasteiger partial charge on any atom is 0.354 e. The van der Waals surface area contributed by atoms with Crippen molar-refractivity contribution in [1.29, 1.82) is 0 Å². The summed E-state index contributed by atoms with van der Waals surface area (Å²) in [4.78, 5) is 18.6. The van der Waals surface area contributed by atoms with Crippen molar-refractivity contribution >= 4 is 5.95 Å². The molecule has 108 valence electrons. The van der Waals surface area contributed by atoms with Crippen LogP contribution in [0.5, 0.6) is 0 Å². The number of aliphatic hydroxyl groups is 2. The number of nitrogen functional groups attached to an aromatic ring is 1. The zero-order chi connectivity index (χ0) is 14.9. The second-order valence-corrected chi connectivity index (χ2v) is 4.20. The monoisotopic (exact) mass is 284 g/mol. The van der Waals surface area contributed by atoms with E-state index in [9.17, 15) is 14.3 Å². The minimum atomic E-state index is -2.56. The average Bonchev–Trinajstić information content (AvgIpc) is 2.63. The molecule has 20 heavy (non-hydrogen) atoms. The molecule has 1 fully saturated rings. The summed E-state index contributed by atoms with van der Waals surface area (Å²) in [5.41, 5.74) is 1.79. The van der Waals surface area contributed by atoms with Crippen molar-refractivity contribution in [2.45, 2.75) is 31.0 Å². The van der Waals surface area contributed by atoms with Gasteiger partial charge in [0.15, 0.2) is 6.23 Å². The highest BCUT2D eigenvalue weighted by Gasteiger charge is 2.57. The number of anilines is 1. The van der Waals surface area contributed by atoms with Gasteiger partial charge in [-0.1, -0.05) is 5.92 Å². The van der Waals surface area contributed by atoms with Gasteiger partial charge < -0.3 is 20.7 Å². The lowest BCUT2D eigenvalue weighted by Gasteiger charge is -2.23. The van der Waals surface area contributed by atoms with Crippen molar-refractivity contribution in [1.82, 2.24) is 14.5 Å². The van der Waals surface area contributed by atoms with Crippen molar-refractivity contribution in [2.75, 3.05) is 12.3 Å². The van der Waals surface area contributed by atoms with Gasteiger partial charge in [-0.3, -0.25) is 4.57 Å². The van der Waals surface area contributed by atoms with Crippen molar-refractivity contribution < 1.29 is 19.3 Å². The van der Waals surface area contributed by atoms with Crippen LogP contribution in [0.15, 0.2) is 11.1 Å². The topological polar surface area (TPSA) is 123 Å². The number of aromatic nitrogens is 3. The Bertz CT molecular complexity index is 625. The SMILES string of the molecule is CC#CC1(F)[C@@H](O)[C@@H](CO)O[C@H]1n1cnc(N)nc1=O. The molecule has 1 unspecified atom stereocenters. The maximum atomic E-state index is 14.9. The molecule has 4 N–H and O–H groups in total. The summed E-state index contributed by atoms with van der Waals surface area (Å²) in [6.07, 6.45) is -3.55. The first-order chi connectivity index (χ1) is 9.43. The van der Waals surface area contributed by atoms with Crippen molar-refractivity contribution in [2.24, 2.45) is 0 Å². The molecule has 0 radical (unpaired) electrons. The molecular formula is C11H13FN4O4. The lowest BCUT2D eigenvalue weighted by atomic mass is 9.96. The predicted molar refractivity (Wildman–Crippen MR) is 65.0 cm³/mol. The van der Waals surface area contributed by atoms with E-state index in [1.54, 1.807) is 0 Å². The maximum absolute atomic E-state index is 14.9. The van der Waals surface area contributed by atoms with Gasteiger partial charge in [-0.05, 0) is 6.92 Å². The minimum Gasteiger partial charge on any atom is -0.394 e. The molecule has 0 spiro atoms. The molecule has 9 heteroatoms. The van der Waals surface area contributed by atoms with Crippen molar-refractivity contribution in [3.63, 3.8) is 0 Å². The summed E-state index contributed by atoms with van der Waals surface area (Å²) in [7, 11) is 0. The summed E-state index contributed by atoms with van der Waals surface area (Å²) in [6, 6.07) is 0. The van der Waals surface area contributed by atoms with E-state index >= 15 is 0 Å². The van der Waals surface area contributed by atoms with Gasteiger partial charge in [0.1, 0.15) is 18.5 Å². The van der Waals surface area contributed by atoms with Crippen LogP contribution in [0.2, 0.25) is 0 Å². The van der Waals surface area contributed by atoms with E-state index in [1.165, 1.54) is 6.92 Å². The Labute approximate surface area is 113 Å². The molecule has 0 amide bonds. The van der Waals surface area contributed by atoms with E-state index in [2.05, 4.69) is 21.8 Å². The number of alkyl halides is 1. The molecule has 0 aliphatic carbocycles. The molecule has 1 aliphatic heterocycles.